The largest absolute Gasteiger partial charge is 0.489 e. The lowest BCUT2D eigenvalue weighted by Gasteiger charge is -2.25. The van der Waals surface area contributed by atoms with Crippen LogP contribution in [-0.2, 0) is 16.1 Å². The van der Waals surface area contributed by atoms with E-state index >= 15 is 0 Å². The zero-order chi connectivity index (χ0) is 26.6. The second-order valence-electron chi connectivity index (χ2n) is 9.05. The minimum Gasteiger partial charge on any atom is -0.489 e. The van der Waals surface area contributed by atoms with Crippen LogP contribution in [0.2, 0.25) is 0 Å². The number of hydrogen-bond donors (Lipinski definition) is 0. The van der Waals surface area contributed by atoms with Crippen molar-refractivity contribution < 1.29 is 14.3 Å². The van der Waals surface area contributed by atoms with Gasteiger partial charge in [0, 0.05) is 0 Å². The number of aryl methyl sites for hydroxylation is 1. The maximum absolute atomic E-state index is 13.7. The molecule has 0 saturated carbocycles. The average Bonchev–Trinajstić information content (AvgIpc) is 3.26. The number of ether oxygens (including phenoxy) is 2. The van der Waals surface area contributed by atoms with Crippen molar-refractivity contribution in [1.82, 2.24) is 4.57 Å². The molecule has 1 aliphatic rings. The molecular formula is C31H28N2O4S. The number of carbonyl (C=O) groups is 1. The summed E-state index contributed by atoms with van der Waals surface area (Å²) in [6.07, 6.45) is 2.40. The molecule has 0 fully saturated rings. The summed E-state index contributed by atoms with van der Waals surface area (Å²) in [4.78, 5) is 31.8. The fraction of sp³-hybridized carbons (Fsp3) is 0.194. The Hall–Kier alpha value is -4.23. The first-order valence-electron chi connectivity index (χ1n) is 12.4. The van der Waals surface area contributed by atoms with Crippen LogP contribution in [0, 0.1) is 6.92 Å². The molecule has 0 N–H and O–H groups in total. The van der Waals surface area contributed by atoms with Gasteiger partial charge in [0.2, 0.25) is 0 Å². The average molecular weight is 525 g/mol. The highest BCUT2D eigenvalue weighted by atomic mass is 32.1. The molecule has 192 valence electrons. The molecule has 0 radical (unpaired) electrons. The normalized spacial score (nSPS) is 15.1. The molecule has 2 heterocycles. The number of benzene rings is 3. The van der Waals surface area contributed by atoms with Gasteiger partial charge in [0.05, 0.1) is 29.0 Å². The molecule has 0 bridgehead atoms. The highest BCUT2D eigenvalue weighted by molar-refractivity contribution is 7.07. The third-order valence-electron chi connectivity index (χ3n) is 6.43. The maximum atomic E-state index is 13.7. The molecule has 6 nitrogen and oxygen atoms in total. The third kappa shape index (κ3) is 5.10. The van der Waals surface area contributed by atoms with Gasteiger partial charge in [0.1, 0.15) is 12.4 Å². The van der Waals surface area contributed by atoms with Gasteiger partial charge in [-0.2, -0.15) is 0 Å². The van der Waals surface area contributed by atoms with Gasteiger partial charge in [0.25, 0.3) is 5.56 Å². The standard InChI is InChI=1S/C31H28N2O4S/c1-4-25-27(30(35)36-3)28(23-11-6-5-7-12-23)33-29(34)26(38-31(33)32-25)18-21-13-15-24(16-14-21)37-19-22-10-8-9-20(2)17-22/h5-18,28H,4,19H2,1-3H3/b26-18-/t28-/m0/s1. The summed E-state index contributed by atoms with van der Waals surface area (Å²) in [5.74, 6) is 0.277. The van der Waals surface area contributed by atoms with Gasteiger partial charge >= 0.3 is 5.97 Å². The van der Waals surface area contributed by atoms with Gasteiger partial charge in [-0.1, -0.05) is 90.6 Å². The quantitative estimate of drug-likeness (QED) is 0.329. The minimum atomic E-state index is -0.602. The smallest absolute Gasteiger partial charge is 0.338 e. The first kappa shape index (κ1) is 25.4. The Morgan fingerprint density at radius 3 is 2.50 bits per heavy atom. The number of fused-ring (bicyclic) bond motifs is 1. The van der Waals surface area contributed by atoms with E-state index in [1.165, 1.54) is 24.0 Å². The Bertz CT molecular complexity index is 1680. The second kappa shape index (κ2) is 11.0. The SMILES string of the molecule is CCC1=C(C(=O)OC)[C@H](c2ccccc2)n2c(s/c(=C\c3ccc(OCc4cccc(C)c4)cc3)c2=O)=N1. The molecule has 4 aromatic rings. The van der Waals surface area contributed by atoms with Crippen molar-refractivity contribution in [3.63, 3.8) is 0 Å². The number of nitrogens with zero attached hydrogens (tertiary/aromatic N) is 2. The van der Waals surface area contributed by atoms with E-state index in [4.69, 9.17) is 14.5 Å². The molecule has 38 heavy (non-hydrogen) atoms. The Kier molecular flexibility index (Phi) is 7.38. The summed E-state index contributed by atoms with van der Waals surface area (Å²) in [6.45, 7) is 4.49. The van der Waals surface area contributed by atoms with Crippen LogP contribution in [0.1, 0.15) is 41.6 Å². The van der Waals surface area contributed by atoms with E-state index in [0.717, 1.165) is 22.4 Å². The lowest BCUT2D eigenvalue weighted by atomic mass is 9.95. The van der Waals surface area contributed by atoms with Crippen molar-refractivity contribution in [3.05, 3.63) is 132 Å². The summed E-state index contributed by atoms with van der Waals surface area (Å²) in [5.41, 5.74) is 4.85. The van der Waals surface area contributed by atoms with Crippen LogP contribution < -0.4 is 19.6 Å². The fourth-order valence-electron chi connectivity index (χ4n) is 4.60. The van der Waals surface area contributed by atoms with Crippen LogP contribution >= 0.6 is 11.3 Å². The fourth-order valence-corrected chi connectivity index (χ4v) is 5.62. The summed E-state index contributed by atoms with van der Waals surface area (Å²) >= 11 is 1.32. The maximum Gasteiger partial charge on any atom is 0.338 e. The Morgan fingerprint density at radius 1 is 1.05 bits per heavy atom. The summed E-state index contributed by atoms with van der Waals surface area (Å²) in [6, 6.07) is 24.8. The monoisotopic (exact) mass is 524 g/mol. The van der Waals surface area contributed by atoms with Crippen LogP contribution in [0.15, 0.2) is 99.9 Å². The zero-order valence-electron chi connectivity index (χ0n) is 21.5. The molecule has 5 rings (SSSR count). The molecule has 1 atom stereocenters. The molecule has 0 aliphatic carbocycles. The highest BCUT2D eigenvalue weighted by Gasteiger charge is 2.33. The number of aromatic nitrogens is 1. The molecule has 1 aromatic heterocycles. The summed E-state index contributed by atoms with van der Waals surface area (Å²) in [7, 11) is 1.35. The molecule has 0 unspecified atom stereocenters. The molecule has 3 aromatic carbocycles. The van der Waals surface area contributed by atoms with Crippen LogP contribution in [0.25, 0.3) is 6.08 Å². The van der Waals surface area contributed by atoms with E-state index in [-0.39, 0.29) is 5.56 Å². The number of methoxy groups -OCH3 is 1. The molecule has 0 saturated heterocycles. The number of rotatable bonds is 7. The third-order valence-corrected chi connectivity index (χ3v) is 7.41. The zero-order valence-corrected chi connectivity index (χ0v) is 22.3. The van der Waals surface area contributed by atoms with E-state index in [1.807, 2.05) is 79.7 Å². The molecule has 7 heteroatoms. The van der Waals surface area contributed by atoms with Crippen molar-refractivity contribution in [1.29, 1.82) is 0 Å². The lowest BCUT2D eigenvalue weighted by Crippen LogP contribution is -2.40. The Balaban J connectivity index is 1.50. The Labute approximate surface area is 224 Å². The summed E-state index contributed by atoms with van der Waals surface area (Å²) in [5, 5.41) is 0. The van der Waals surface area contributed by atoms with E-state index in [0.29, 0.717) is 33.6 Å². The minimum absolute atomic E-state index is 0.195. The van der Waals surface area contributed by atoms with Gasteiger partial charge in [-0.15, -0.1) is 0 Å². The van der Waals surface area contributed by atoms with Crippen LogP contribution in [0.3, 0.4) is 0 Å². The van der Waals surface area contributed by atoms with Crippen LogP contribution in [-0.4, -0.2) is 17.6 Å². The first-order valence-corrected chi connectivity index (χ1v) is 13.3. The predicted molar refractivity (Wildman–Crippen MR) is 149 cm³/mol. The van der Waals surface area contributed by atoms with Gasteiger partial charge in [0.15, 0.2) is 4.80 Å². The van der Waals surface area contributed by atoms with Crippen molar-refractivity contribution in [2.24, 2.45) is 4.99 Å². The van der Waals surface area contributed by atoms with E-state index < -0.39 is 12.0 Å². The van der Waals surface area contributed by atoms with Crippen molar-refractivity contribution in [2.45, 2.75) is 32.9 Å². The van der Waals surface area contributed by atoms with Gasteiger partial charge in [-0.25, -0.2) is 9.79 Å². The molecule has 1 aliphatic heterocycles. The predicted octanol–water partition coefficient (Wildman–Crippen LogP) is 4.69. The van der Waals surface area contributed by atoms with E-state index in [9.17, 15) is 9.59 Å². The van der Waals surface area contributed by atoms with Crippen molar-refractivity contribution in [2.75, 3.05) is 7.11 Å². The lowest BCUT2D eigenvalue weighted by molar-refractivity contribution is -0.136. The van der Waals surface area contributed by atoms with Gasteiger partial charge < -0.3 is 9.47 Å². The molecule has 0 spiro atoms. The topological polar surface area (TPSA) is 69.9 Å². The van der Waals surface area contributed by atoms with E-state index in [1.54, 1.807) is 4.57 Å². The number of hydrogen-bond acceptors (Lipinski definition) is 6. The van der Waals surface area contributed by atoms with Crippen LogP contribution in [0.4, 0.5) is 0 Å². The highest BCUT2D eigenvalue weighted by Crippen LogP contribution is 2.31. The summed E-state index contributed by atoms with van der Waals surface area (Å²) < 4.78 is 13.2. The number of allylic oxidation sites excluding steroid dienone is 1. The van der Waals surface area contributed by atoms with E-state index in [2.05, 4.69) is 19.1 Å². The Morgan fingerprint density at radius 2 is 1.82 bits per heavy atom. The first-order chi connectivity index (χ1) is 18.5. The number of carbonyl (C=O) groups excluding carboxylic acids is 1. The molecule has 0 amide bonds. The molecular weight excluding hydrogens is 496 g/mol. The number of thiazole rings is 1. The van der Waals surface area contributed by atoms with Crippen molar-refractivity contribution >= 4 is 23.4 Å². The second-order valence-corrected chi connectivity index (χ2v) is 10.1. The van der Waals surface area contributed by atoms with Crippen molar-refractivity contribution in [3.8, 4) is 5.75 Å². The van der Waals surface area contributed by atoms with Crippen LogP contribution in [0.5, 0.6) is 5.75 Å². The number of esters is 1. The van der Waals surface area contributed by atoms with Gasteiger partial charge in [-0.05, 0) is 48.2 Å². The van der Waals surface area contributed by atoms with Gasteiger partial charge in [-0.3, -0.25) is 9.36 Å².